The predicted molar refractivity (Wildman–Crippen MR) is 67.6 cm³/mol. The van der Waals surface area contributed by atoms with Crippen molar-refractivity contribution in [1.82, 2.24) is 4.90 Å². The highest BCUT2D eigenvalue weighted by Crippen LogP contribution is 2.45. The molecule has 1 aliphatic carbocycles. The summed E-state index contributed by atoms with van der Waals surface area (Å²) in [5.41, 5.74) is 1.13. The molecule has 0 amide bonds. The van der Waals surface area contributed by atoms with E-state index in [1.54, 1.807) is 12.1 Å². The number of rotatable bonds is 2. The van der Waals surface area contributed by atoms with Gasteiger partial charge in [0.25, 0.3) is 0 Å². The molecule has 1 saturated carbocycles. The molecule has 1 heterocycles. The topological polar surface area (TPSA) is 12.5 Å². The summed E-state index contributed by atoms with van der Waals surface area (Å²) in [6.45, 7) is 3.69. The normalized spacial score (nSPS) is 29.3. The van der Waals surface area contributed by atoms with Crippen LogP contribution in [-0.2, 0) is 4.74 Å². The first kappa shape index (κ1) is 11.6. The summed E-state index contributed by atoms with van der Waals surface area (Å²) in [7, 11) is 0. The molecule has 0 spiro atoms. The van der Waals surface area contributed by atoms with E-state index in [1.165, 1.54) is 0 Å². The third-order valence-corrected chi connectivity index (χ3v) is 4.29. The number of nitrogens with zero attached hydrogens (tertiary/aromatic N) is 1. The zero-order valence-corrected chi connectivity index (χ0v) is 11.1. The second-order valence-corrected chi connectivity index (χ2v) is 5.59. The van der Waals surface area contributed by atoms with Crippen LogP contribution in [0.2, 0.25) is 0 Å². The Labute approximate surface area is 109 Å². The van der Waals surface area contributed by atoms with E-state index in [4.69, 9.17) is 4.74 Å². The highest BCUT2D eigenvalue weighted by Gasteiger charge is 2.43. The zero-order valence-electron chi connectivity index (χ0n) is 9.53. The molecule has 0 radical (unpaired) electrons. The zero-order chi connectivity index (χ0) is 11.8. The van der Waals surface area contributed by atoms with Gasteiger partial charge >= 0.3 is 0 Å². The Hall–Kier alpha value is -0.450. The van der Waals surface area contributed by atoms with Gasteiger partial charge in [0, 0.05) is 25.0 Å². The Morgan fingerprint density at radius 2 is 2.06 bits per heavy atom. The minimum Gasteiger partial charge on any atom is -0.379 e. The van der Waals surface area contributed by atoms with Crippen LogP contribution in [0.25, 0.3) is 0 Å². The largest absolute Gasteiger partial charge is 0.379 e. The second kappa shape index (κ2) is 4.67. The van der Waals surface area contributed by atoms with Gasteiger partial charge in [-0.25, -0.2) is 4.39 Å². The van der Waals surface area contributed by atoms with Crippen molar-refractivity contribution in [3.8, 4) is 0 Å². The molecule has 0 unspecified atom stereocenters. The monoisotopic (exact) mass is 299 g/mol. The molecule has 0 bridgehead atoms. The van der Waals surface area contributed by atoms with Crippen LogP contribution in [0.1, 0.15) is 17.9 Å². The molecule has 1 aromatic rings. The molecule has 2 fully saturated rings. The van der Waals surface area contributed by atoms with Gasteiger partial charge in [0.15, 0.2) is 0 Å². The van der Waals surface area contributed by atoms with Crippen LogP contribution < -0.4 is 0 Å². The molecule has 4 heteroatoms. The van der Waals surface area contributed by atoms with Crippen molar-refractivity contribution in [2.75, 3.05) is 26.3 Å². The van der Waals surface area contributed by atoms with Crippen LogP contribution in [0.3, 0.4) is 0 Å². The number of ether oxygens (including phenoxy) is 1. The standard InChI is InChI=1S/C13H15BrFNO/c14-11-2-1-9(7-12(11)15)10-8-13(10)16-3-5-17-6-4-16/h1-2,7,10,13H,3-6,8H2/t10-,13+/m0/s1. The van der Waals surface area contributed by atoms with E-state index in [0.29, 0.717) is 16.4 Å². The van der Waals surface area contributed by atoms with E-state index in [9.17, 15) is 4.39 Å². The van der Waals surface area contributed by atoms with Gasteiger partial charge in [0.05, 0.1) is 17.7 Å². The van der Waals surface area contributed by atoms with Crippen molar-refractivity contribution in [2.45, 2.75) is 18.4 Å². The van der Waals surface area contributed by atoms with Crippen LogP contribution in [-0.4, -0.2) is 37.2 Å². The maximum Gasteiger partial charge on any atom is 0.137 e. The average Bonchev–Trinajstić information content (AvgIpc) is 3.14. The first-order chi connectivity index (χ1) is 8.25. The molecule has 0 N–H and O–H groups in total. The Bertz CT molecular complexity index is 420. The molecular formula is C13H15BrFNO. The van der Waals surface area contributed by atoms with Crippen molar-refractivity contribution < 1.29 is 9.13 Å². The molecule has 2 atom stereocenters. The number of hydrogen-bond donors (Lipinski definition) is 0. The summed E-state index contributed by atoms with van der Waals surface area (Å²) < 4.78 is 19.3. The Morgan fingerprint density at radius 3 is 2.76 bits per heavy atom. The molecule has 2 nitrogen and oxygen atoms in total. The fourth-order valence-corrected chi connectivity index (χ4v) is 2.84. The van der Waals surface area contributed by atoms with E-state index in [0.717, 1.165) is 38.3 Å². The van der Waals surface area contributed by atoms with Crippen molar-refractivity contribution in [3.63, 3.8) is 0 Å². The van der Waals surface area contributed by atoms with Gasteiger partial charge in [-0.1, -0.05) is 6.07 Å². The first-order valence-electron chi connectivity index (χ1n) is 6.02. The number of morpholine rings is 1. The average molecular weight is 300 g/mol. The van der Waals surface area contributed by atoms with Crippen LogP contribution in [0, 0.1) is 5.82 Å². The fourth-order valence-electron chi connectivity index (χ4n) is 2.60. The van der Waals surface area contributed by atoms with Crippen LogP contribution in [0.4, 0.5) is 4.39 Å². The Morgan fingerprint density at radius 1 is 1.29 bits per heavy atom. The van der Waals surface area contributed by atoms with Gasteiger partial charge in [-0.15, -0.1) is 0 Å². The minimum absolute atomic E-state index is 0.157. The molecular weight excluding hydrogens is 285 g/mol. The smallest absolute Gasteiger partial charge is 0.137 e. The third kappa shape index (κ3) is 2.39. The molecule has 1 aliphatic heterocycles. The molecule has 1 saturated heterocycles. The lowest BCUT2D eigenvalue weighted by Crippen LogP contribution is -2.38. The number of hydrogen-bond acceptors (Lipinski definition) is 2. The first-order valence-corrected chi connectivity index (χ1v) is 6.82. The van der Waals surface area contributed by atoms with E-state index >= 15 is 0 Å². The Balaban J connectivity index is 1.68. The highest BCUT2D eigenvalue weighted by molar-refractivity contribution is 9.10. The lowest BCUT2D eigenvalue weighted by molar-refractivity contribution is 0.0331. The lowest BCUT2D eigenvalue weighted by Gasteiger charge is -2.27. The van der Waals surface area contributed by atoms with Gasteiger partial charge in [0.2, 0.25) is 0 Å². The van der Waals surface area contributed by atoms with Crippen molar-refractivity contribution >= 4 is 15.9 Å². The summed E-state index contributed by atoms with van der Waals surface area (Å²) in [4.78, 5) is 2.47. The van der Waals surface area contributed by atoms with E-state index in [-0.39, 0.29) is 5.82 Å². The highest BCUT2D eigenvalue weighted by atomic mass is 79.9. The molecule has 1 aromatic carbocycles. The van der Waals surface area contributed by atoms with Crippen LogP contribution in [0.15, 0.2) is 22.7 Å². The van der Waals surface area contributed by atoms with E-state index in [1.807, 2.05) is 6.07 Å². The minimum atomic E-state index is -0.157. The summed E-state index contributed by atoms with van der Waals surface area (Å²) in [5, 5.41) is 0. The second-order valence-electron chi connectivity index (χ2n) is 4.73. The molecule has 0 aromatic heterocycles. The van der Waals surface area contributed by atoms with Crippen molar-refractivity contribution in [2.24, 2.45) is 0 Å². The lowest BCUT2D eigenvalue weighted by atomic mass is 10.1. The maximum atomic E-state index is 13.5. The SMILES string of the molecule is Fc1cc([C@@H]2C[C@H]2N2CCOCC2)ccc1Br. The van der Waals surface area contributed by atoms with Crippen molar-refractivity contribution in [1.29, 1.82) is 0 Å². The molecule has 3 rings (SSSR count). The maximum absolute atomic E-state index is 13.5. The molecule has 2 aliphatic rings. The summed E-state index contributed by atoms with van der Waals surface area (Å²) in [5.74, 6) is 0.353. The number of halogens is 2. The van der Waals surface area contributed by atoms with Crippen LogP contribution in [0.5, 0.6) is 0 Å². The van der Waals surface area contributed by atoms with Gasteiger partial charge in [-0.05, 0) is 40.0 Å². The fraction of sp³-hybridized carbons (Fsp3) is 0.538. The summed E-state index contributed by atoms with van der Waals surface area (Å²) in [6, 6.07) is 6.09. The third-order valence-electron chi connectivity index (χ3n) is 3.64. The van der Waals surface area contributed by atoms with Gasteiger partial charge in [0.1, 0.15) is 5.82 Å². The summed E-state index contributed by atoms with van der Waals surface area (Å²) >= 11 is 3.19. The van der Waals surface area contributed by atoms with Gasteiger partial charge in [-0.3, -0.25) is 4.90 Å². The van der Waals surface area contributed by atoms with Crippen LogP contribution >= 0.6 is 15.9 Å². The van der Waals surface area contributed by atoms with E-state index in [2.05, 4.69) is 20.8 Å². The quantitative estimate of drug-likeness (QED) is 0.833. The predicted octanol–water partition coefficient (Wildman–Crippen LogP) is 2.78. The Kier molecular flexibility index (Phi) is 3.19. The van der Waals surface area contributed by atoms with E-state index < -0.39 is 0 Å². The summed E-state index contributed by atoms with van der Waals surface area (Å²) in [6.07, 6.45) is 1.15. The van der Waals surface area contributed by atoms with Gasteiger partial charge in [-0.2, -0.15) is 0 Å². The van der Waals surface area contributed by atoms with Crippen molar-refractivity contribution in [3.05, 3.63) is 34.1 Å². The molecule has 17 heavy (non-hydrogen) atoms. The van der Waals surface area contributed by atoms with Gasteiger partial charge < -0.3 is 4.74 Å². The molecule has 92 valence electrons. The number of benzene rings is 1.